The van der Waals surface area contributed by atoms with Crippen LogP contribution in [0.5, 0.6) is 0 Å². The number of ether oxygens (including phenoxy) is 3. The normalized spacial score (nSPS) is 10.9. The number of alkyl halides is 1. The molecule has 0 aliphatic carbocycles. The van der Waals surface area contributed by atoms with Gasteiger partial charge in [0.15, 0.2) is 0 Å². The lowest BCUT2D eigenvalue weighted by atomic mass is 10.2. The molecule has 0 spiro atoms. The van der Waals surface area contributed by atoms with Crippen LogP contribution in [0.2, 0.25) is 0 Å². The molecular formula is C14H23BrO6. The highest BCUT2D eigenvalue weighted by Crippen LogP contribution is 2.09. The fourth-order valence-corrected chi connectivity index (χ4v) is 1.48. The van der Waals surface area contributed by atoms with Crippen LogP contribution in [0.15, 0.2) is 0 Å². The largest absolute Gasteiger partial charge is 0.465 e. The molecule has 0 unspecified atom stereocenters. The van der Waals surface area contributed by atoms with E-state index in [0.29, 0.717) is 12.8 Å². The topological polar surface area (TPSA) is 78.9 Å². The summed E-state index contributed by atoms with van der Waals surface area (Å²) >= 11 is 3.20. The van der Waals surface area contributed by atoms with Crippen LogP contribution in [0, 0.1) is 0 Å². The Hall–Kier alpha value is -1.11. The summed E-state index contributed by atoms with van der Waals surface area (Å²) in [7, 11) is 0. The molecule has 0 bridgehead atoms. The minimum atomic E-state index is -0.650. The van der Waals surface area contributed by atoms with E-state index in [1.807, 2.05) is 0 Å². The first-order chi connectivity index (χ1) is 9.74. The van der Waals surface area contributed by atoms with Gasteiger partial charge in [-0.1, -0.05) is 15.9 Å². The summed E-state index contributed by atoms with van der Waals surface area (Å²) in [5.41, 5.74) is -0.521. The molecule has 0 aliphatic heterocycles. The number of rotatable bonds is 9. The van der Waals surface area contributed by atoms with Crippen molar-refractivity contribution >= 4 is 33.8 Å². The van der Waals surface area contributed by atoms with Gasteiger partial charge in [0, 0.05) is 11.8 Å². The lowest BCUT2D eigenvalue weighted by molar-refractivity contribution is -0.158. The maximum Gasteiger partial charge on any atom is 0.317 e. The van der Waals surface area contributed by atoms with E-state index in [1.54, 1.807) is 20.8 Å². The SMILES string of the molecule is CC(C)(C)OC(=O)CCCOC(=O)CC(=O)OCCCBr. The predicted molar refractivity (Wildman–Crippen MR) is 80.0 cm³/mol. The smallest absolute Gasteiger partial charge is 0.317 e. The molecule has 0 aromatic carbocycles. The van der Waals surface area contributed by atoms with Crippen LogP contribution >= 0.6 is 15.9 Å². The van der Waals surface area contributed by atoms with Gasteiger partial charge in [-0.2, -0.15) is 0 Å². The molecule has 0 N–H and O–H groups in total. The average molecular weight is 367 g/mol. The molecule has 122 valence electrons. The van der Waals surface area contributed by atoms with Crippen LogP contribution in [0.4, 0.5) is 0 Å². The maximum atomic E-state index is 11.4. The molecule has 0 heterocycles. The van der Waals surface area contributed by atoms with Gasteiger partial charge in [0.25, 0.3) is 0 Å². The number of esters is 3. The van der Waals surface area contributed by atoms with E-state index < -0.39 is 24.0 Å². The molecule has 0 radical (unpaired) electrons. The molecule has 0 saturated heterocycles. The van der Waals surface area contributed by atoms with E-state index in [2.05, 4.69) is 15.9 Å². The lowest BCUT2D eigenvalue weighted by Crippen LogP contribution is -2.24. The van der Waals surface area contributed by atoms with Crippen molar-refractivity contribution in [2.45, 2.75) is 52.1 Å². The van der Waals surface area contributed by atoms with Gasteiger partial charge in [0.2, 0.25) is 0 Å². The van der Waals surface area contributed by atoms with Crippen molar-refractivity contribution in [3.05, 3.63) is 0 Å². The molecule has 0 aromatic rings. The zero-order valence-corrected chi connectivity index (χ0v) is 14.4. The van der Waals surface area contributed by atoms with Crippen LogP contribution in [0.1, 0.15) is 46.5 Å². The van der Waals surface area contributed by atoms with E-state index in [1.165, 1.54) is 0 Å². The number of hydrogen-bond acceptors (Lipinski definition) is 6. The Morgan fingerprint density at radius 2 is 1.43 bits per heavy atom. The maximum absolute atomic E-state index is 11.4. The van der Waals surface area contributed by atoms with Crippen LogP contribution in [0.25, 0.3) is 0 Å². The lowest BCUT2D eigenvalue weighted by Gasteiger charge is -2.19. The Labute approximate surface area is 133 Å². The van der Waals surface area contributed by atoms with Gasteiger partial charge < -0.3 is 14.2 Å². The first-order valence-corrected chi connectivity index (χ1v) is 7.96. The highest BCUT2D eigenvalue weighted by molar-refractivity contribution is 9.09. The second kappa shape index (κ2) is 10.6. The van der Waals surface area contributed by atoms with E-state index in [0.717, 1.165) is 5.33 Å². The molecule has 0 fully saturated rings. The molecule has 0 aromatic heterocycles. The summed E-state index contributed by atoms with van der Waals surface area (Å²) in [6, 6.07) is 0. The van der Waals surface area contributed by atoms with Crippen molar-refractivity contribution in [3.8, 4) is 0 Å². The minimum absolute atomic E-state index is 0.0761. The van der Waals surface area contributed by atoms with Crippen molar-refractivity contribution < 1.29 is 28.6 Å². The molecule has 0 atom stereocenters. The fourth-order valence-electron chi connectivity index (χ4n) is 1.26. The Morgan fingerprint density at radius 1 is 0.905 bits per heavy atom. The fraction of sp³-hybridized carbons (Fsp3) is 0.786. The minimum Gasteiger partial charge on any atom is -0.465 e. The predicted octanol–water partition coefficient (Wildman–Crippen LogP) is 2.37. The van der Waals surface area contributed by atoms with E-state index in [-0.39, 0.29) is 25.6 Å². The molecule has 0 aliphatic rings. The Bertz CT molecular complexity index is 348. The first-order valence-electron chi connectivity index (χ1n) is 6.83. The molecule has 0 rings (SSSR count). The summed E-state index contributed by atoms with van der Waals surface area (Å²) in [5.74, 6) is -1.59. The van der Waals surface area contributed by atoms with Gasteiger partial charge >= 0.3 is 17.9 Å². The van der Waals surface area contributed by atoms with Crippen molar-refractivity contribution in [1.82, 2.24) is 0 Å². The Balaban J connectivity index is 3.66. The monoisotopic (exact) mass is 366 g/mol. The van der Waals surface area contributed by atoms with Crippen LogP contribution in [-0.4, -0.2) is 42.1 Å². The summed E-state index contributed by atoms with van der Waals surface area (Å²) in [6.45, 7) is 5.70. The van der Waals surface area contributed by atoms with Crippen molar-refractivity contribution in [2.24, 2.45) is 0 Å². The van der Waals surface area contributed by atoms with Gasteiger partial charge in [0.05, 0.1) is 13.2 Å². The number of halogens is 1. The van der Waals surface area contributed by atoms with Gasteiger partial charge in [-0.3, -0.25) is 14.4 Å². The second-order valence-corrected chi connectivity index (χ2v) is 6.14. The molecular weight excluding hydrogens is 344 g/mol. The molecule has 0 amide bonds. The molecule has 0 saturated carbocycles. The van der Waals surface area contributed by atoms with Gasteiger partial charge in [-0.25, -0.2) is 0 Å². The summed E-state index contributed by atoms with van der Waals surface area (Å²) in [4.78, 5) is 33.9. The van der Waals surface area contributed by atoms with Gasteiger partial charge in [-0.05, 0) is 33.6 Å². The number of carbonyl (C=O) groups excluding carboxylic acids is 3. The number of carbonyl (C=O) groups is 3. The van der Waals surface area contributed by atoms with E-state index >= 15 is 0 Å². The standard InChI is InChI=1S/C14H23BrO6/c1-14(2,3)21-11(16)6-4-8-19-12(17)10-13(18)20-9-5-7-15/h4-10H2,1-3H3. The summed E-state index contributed by atoms with van der Waals surface area (Å²) in [5, 5.41) is 0.732. The summed E-state index contributed by atoms with van der Waals surface area (Å²) in [6.07, 6.45) is 0.810. The van der Waals surface area contributed by atoms with Crippen molar-refractivity contribution in [3.63, 3.8) is 0 Å². The molecule has 21 heavy (non-hydrogen) atoms. The highest BCUT2D eigenvalue weighted by Gasteiger charge is 2.16. The van der Waals surface area contributed by atoms with Crippen molar-refractivity contribution in [1.29, 1.82) is 0 Å². The highest BCUT2D eigenvalue weighted by atomic mass is 79.9. The molecule has 7 heteroatoms. The summed E-state index contributed by atoms with van der Waals surface area (Å²) < 4.78 is 14.8. The first kappa shape index (κ1) is 19.9. The van der Waals surface area contributed by atoms with Crippen LogP contribution < -0.4 is 0 Å². The second-order valence-electron chi connectivity index (χ2n) is 5.35. The average Bonchev–Trinajstić information content (AvgIpc) is 2.33. The third-order valence-corrected chi connectivity index (χ3v) is 2.60. The number of hydrogen-bond donors (Lipinski definition) is 0. The zero-order chi connectivity index (χ0) is 16.3. The van der Waals surface area contributed by atoms with Gasteiger partial charge in [0.1, 0.15) is 12.0 Å². The van der Waals surface area contributed by atoms with E-state index in [9.17, 15) is 14.4 Å². The third kappa shape index (κ3) is 13.6. The van der Waals surface area contributed by atoms with Gasteiger partial charge in [-0.15, -0.1) is 0 Å². The quantitative estimate of drug-likeness (QED) is 0.205. The Morgan fingerprint density at radius 3 is 1.90 bits per heavy atom. The molecule has 6 nitrogen and oxygen atoms in total. The third-order valence-electron chi connectivity index (χ3n) is 2.04. The van der Waals surface area contributed by atoms with E-state index in [4.69, 9.17) is 14.2 Å². The Kier molecular flexibility index (Phi) is 10.0. The zero-order valence-electron chi connectivity index (χ0n) is 12.8. The van der Waals surface area contributed by atoms with Crippen LogP contribution in [0.3, 0.4) is 0 Å². The van der Waals surface area contributed by atoms with Crippen LogP contribution in [-0.2, 0) is 28.6 Å². The van der Waals surface area contributed by atoms with Crippen molar-refractivity contribution in [2.75, 3.05) is 18.5 Å².